The van der Waals surface area contributed by atoms with Crippen LogP contribution >= 0.6 is 22.9 Å². The highest BCUT2D eigenvalue weighted by atomic mass is 35.5. The van der Waals surface area contributed by atoms with Crippen LogP contribution in [0.4, 0.5) is 5.69 Å². The van der Waals surface area contributed by atoms with E-state index in [-0.39, 0.29) is 23.4 Å². The van der Waals surface area contributed by atoms with Crippen LogP contribution in [-0.2, 0) is 9.53 Å². The lowest BCUT2D eigenvalue weighted by Gasteiger charge is -2.25. The fraction of sp³-hybridized carbons (Fsp3) is 0.174. The van der Waals surface area contributed by atoms with Crippen molar-refractivity contribution in [2.75, 3.05) is 6.61 Å². The number of carbonyl (C=O) groups excluding carboxylic acids is 1. The summed E-state index contributed by atoms with van der Waals surface area (Å²) in [7, 11) is 0. The lowest BCUT2D eigenvalue weighted by molar-refractivity contribution is -0.384. The topological polar surface area (TPSA) is 104 Å². The molecule has 0 fully saturated rings. The second-order valence-electron chi connectivity index (χ2n) is 7.17. The van der Waals surface area contributed by atoms with Crippen molar-refractivity contribution in [2.24, 2.45) is 4.99 Å². The van der Waals surface area contributed by atoms with E-state index >= 15 is 0 Å². The fourth-order valence-electron chi connectivity index (χ4n) is 3.63. The summed E-state index contributed by atoms with van der Waals surface area (Å²) in [5, 5.41) is 11.3. The molecule has 1 unspecified atom stereocenters. The minimum atomic E-state index is -0.798. The molecule has 10 heteroatoms. The van der Waals surface area contributed by atoms with Crippen LogP contribution < -0.4 is 14.9 Å². The van der Waals surface area contributed by atoms with E-state index in [0.29, 0.717) is 31.2 Å². The lowest BCUT2D eigenvalue weighted by Crippen LogP contribution is -2.40. The maximum atomic E-state index is 13.5. The van der Waals surface area contributed by atoms with Gasteiger partial charge in [-0.2, -0.15) is 0 Å². The first-order valence-corrected chi connectivity index (χ1v) is 11.2. The van der Waals surface area contributed by atoms with Crippen LogP contribution in [0, 0.1) is 10.1 Å². The molecule has 8 nitrogen and oxygen atoms in total. The molecule has 0 radical (unpaired) electrons. The number of nitro groups is 1. The summed E-state index contributed by atoms with van der Waals surface area (Å²) in [6.07, 6.45) is 1.64. The summed E-state index contributed by atoms with van der Waals surface area (Å²) in [5.41, 5.74) is 1.51. The van der Waals surface area contributed by atoms with Gasteiger partial charge in [-0.15, -0.1) is 0 Å². The van der Waals surface area contributed by atoms with Crippen molar-refractivity contribution >= 4 is 40.7 Å². The van der Waals surface area contributed by atoms with Crippen molar-refractivity contribution in [2.45, 2.75) is 19.9 Å². The van der Waals surface area contributed by atoms with Gasteiger partial charge in [0.25, 0.3) is 11.2 Å². The van der Waals surface area contributed by atoms with Gasteiger partial charge in [-0.1, -0.05) is 41.1 Å². The van der Waals surface area contributed by atoms with E-state index in [0.717, 1.165) is 0 Å². The van der Waals surface area contributed by atoms with Crippen LogP contribution in [0.3, 0.4) is 0 Å². The van der Waals surface area contributed by atoms with Gasteiger partial charge in [0.1, 0.15) is 6.04 Å². The predicted molar refractivity (Wildman–Crippen MR) is 125 cm³/mol. The van der Waals surface area contributed by atoms with Crippen LogP contribution in [0.1, 0.15) is 31.0 Å². The minimum absolute atomic E-state index is 0.0398. The molecule has 0 saturated carbocycles. The van der Waals surface area contributed by atoms with Crippen LogP contribution in [0.5, 0.6) is 0 Å². The largest absolute Gasteiger partial charge is 0.463 e. The molecule has 0 amide bonds. The quantitative estimate of drug-likeness (QED) is 0.314. The van der Waals surface area contributed by atoms with Gasteiger partial charge in [0.05, 0.1) is 27.3 Å². The van der Waals surface area contributed by atoms with E-state index in [4.69, 9.17) is 16.3 Å². The Bertz CT molecular complexity index is 1470. The number of hydrogen-bond acceptors (Lipinski definition) is 7. The van der Waals surface area contributed by atoms with E-state index in [1.807, 2.05) is 0 Å². The Labute approximate surface area is 196 Å². The van der Waals surface area contributed by atoms with Crippen LogP contribution in [-0.4, -0.2) is 22.1 Å². The van der Waals surface area contributed by atoms with E-state index < -0.39 is 16.9 Å². The Morgan fingerprint density at radius 1 is 1.27 bits per heavy atom. The highest BCUT2D eigenvalue weighted by molar-refractivity contribution is 7.07. The number of esters is 1. The first-order chi connectivity index (χ1) is 15.8. The Balaban J connectivity index is 1.93. The molecule has 0 N–H and O–H groups in total. The molecule has 0 bridgehead atoms. The molecule has 3 aromatic rings. The first kappa shape index (κ1) is 22.6. The smallest absolute Gasteiger partial charge is 0.338 e. The number of hydrogen-bond donors (Lipinski definition) is 0. The average Bonchev–Trinajstić information content (AvgIpc) is 3.08. The molecule has 0 saturated heterocycles. The number of ether oxygens (including phenoxy) is 1. The van der Waals surface area contributed by atoms with Gasteiger partial charge < -0.3 is 4.74 Å². The molecular weight excluding hydrogens is 466 g/mol. The number of allylic oxidation sites excluding steroid dienone is 1. The van der Waals surface area contributed by atoms with Crippen molar-refractivity contribution in [1.29, 1.82) is 0 Å². The summed E-state index contributed by atoms with van der Waals surface area (Å²) in [6.45, 7) is 3.58. The summed E-state index contributed by atoms with van der Waals surface area (Å²) in [6, 6.07) is 12.1. The molecule has 1 aliphatic rings. The Morgan fingerprint density at radius 3 is 2.61 bits per heavy atom. The summed E-state index contributed by atoms with van der Waals surface area (Å²) in [5.74, 6) is -0.562. The number of carbonyl (C=O) groups is 1. The molecule has 0 aliphatic carbocycles. The monoisotopic (exact) mass is 483 g/mol. The average molecular weight is 484 g/mol. The van der Waals surface area contributed by atoms with Gasteiger partial charge >= 0.3 is 5.97 Å². The second-order valence-corrected chi connectivity index (χ2v) is 8.59. The van der Waals surface area contributed by atoms with Gasteiger partial charge in [0.15, 0.2) is 4.80 Å². The van der Waals surface area contributed by atoms with Gasteiger partial charge in [-0.05, 0) is 49.2 Å². The second kappa shape index (κ2) is 9.13. The lowest BCUT2D eigenvalue weighted by atomic mass is 9.96. The zero-order chi connectivity index (χ0) is 23.7. The summed E-state index contributed by atoms with van der Waals surface area (Å²) < 4.78 is 7.08. The number of rotatable bonds is 5. The van der Waals surface area contributed by atoms with E-state index in [1.54, 1.807) is 56.3 Å². The Kier molecular flexibility index (Phi) is 6.26. The standard InChI is InChI=1S/C23H18ClN3O5S/c1-3-32-22(29)19-13(2)25-23-26(20(19)16-6-4-5-7-17(16)24)21(28)18(33-23)12-14-8-10-15(11-9-14)27(30)31/h4-12,20H,3H2,1-2H3. The van der Waals surface area contributed by atoms with Gasteiger partial charge in [0.2, 0.25) is 0 Å². The number of aromatic nitrogens is 1. The van der Waals surface area contributed by atoms with Gasteiger partial charge in [-0.25, -0.2) is 9.79 Å². The number of non-ortho nitro benzene ring substituents is 1. The first-order valence-electron chi connectivity index (χ1n) is 10.0. The number of nitrogens with zero attached hydrogens (tertiary/aromatic N) is 3. The van der Waals surface area contributed by atoms with Gasteiger partial charge in [0, 0.05) is 17.2 Å². The van der Waals surface area contributed by atoms with Crippen LogP contribution in [0.15, 0.2) is 69.6 Å². The zero-order valence-electron chi connectivity index (χ0n) is 17.6. The van der Waals surface area contributed by atoms with Crippen molar-refractivity contribution < 1.29 is 14.5 Å². The van der Waals surface area contributed by atoms with Crippen molar-refractivity contribution in [3.8, 4) is 0 Å². The minimum Gasteiger partial charge on any atom is -0.463 e. The highest BCUT2D eigenvalue weighted by Crippen LogP contribution is 2.34. The Morgan fingerprint density at radius 2 is 1.97 bits per heavy atom. The van der Waals surface area contributed by atoms with Crippen LogP contribution in [0.2, 0.25) is 5.02 Å². The molecule has 0 spiro atoms. The number of thiazole rings is 1. The molecule has 168 valence electrons. The van der Waals surface area contributed by atoms with Crippen molar-refractivity contribution in [3.05, 3.63) is 106 Å². The SMILES string of the molecule is CCOC(=O)C1=C(C)N=c2sc(=Cc3ccc([N+](=O)[O-])cc3)c(=O)n2C1c1ccccc1Cl. The summed E-state index contributed by atoms with van der Waals surface area (Å²) >= 11 is 7.64. The third kappa shape index (κ3) is 4.24. The number of fused-ring (bicyclic) bond motifs is 1. The number of benzene rings is 2. The maximum absolute atomic E-state index is 13.5. The molecule has 1 atom stereocenters. The normalized spacial score (nSPS) is 15.7. The molecule has 1 aromatic heterocycles. The molecule has 1 aliphatic heterocycles. The van der Waals surface area contributed by atoms with E-state index in [9.17, 15) is 19.7 Å². The van der Waals surface area contributed by atoms with Crippen LogP contribution in [0.25, 0.3) is 6.08 Å². The molecule has 4 rings (SSSR count). The third-order valence-corrected chi connectivity index (χ3v) is 6.45. The highest BCUT2D eigenvalue weighted by Gasteiger charge is 2.34. The summed E-state index contributed by atoms with van der Waals surface area (Å²) in [4.78, 5) is 41.7. The fourth-order valence-corrected chi connectivity index (χ4v) is 4.91. The molecule has 2 heterocycles. The third-order valence-electron chi connectivity index (χ3n) is 5.12. The molecule has 2 aromatic carbocycles. The van der Waals surface area contributed by atoms with Crippen molar-refractivity contribution in [3.63, 3.8) is 0 Å². The van der Waals surface area contributed by atoms with Gasteiger partial charge in [-0.3, -0.25) is 19.5 Å². The van der Waals surface area contributed by atoms with E-state index in [2.05, 4.69) is 4.99 Å². The zero-order valence-corrected chi connectivity index (χ0v) is 19.2. The predicted octanol–water partition coefficient (Wildman–Crippen LogP) is 3.36. The number of nitro benzene ring substituents is 1. The molecular formula is C23H18ClN3O5S. The maximum Gasteiger partial charge on any atom is 0.338 e. The number of halogens is 1. The Hall–Kier alpha value is -3.56. The molecule has 33 heavy (non-hydrogen) atoms. The van der Waals surface area contributed by atoms with E-state index in [1.165, 1.54) is 28.0 Å². The van der Waals surface area contributed by atoms with Crippen molar-refractivity contribution in [1.82, 2.24) is 4.57 Å².